The normalized spacial score (nSPS) is 32.7. The predicted molar refractivity (Wildman–Crippen MR) is 108 cm³/mol. The van der Waals surface area contributed by atoms with Gasteiger partial charge in [-0.2, -0.15) is 0 Å². The Morgan fingerprint density at radius 3 is 2.55 bits per heavy atom. The van der Waals surface area contributed by atoms with Crippen LogP contribution in [0.4, 0.5) is 0 Å². The second-order valence-electron chi connectivity index (χ2n) is 8.19. The second-order valence-corrected chi connectivity index (χ2v) is 8.75. The van der Waals surface area contributed by atoms with E-state index in [1.165, 1.54) is 4.90 Å². The first kappa shape index (κ1) is 20.3. The number of hydrogen-bond donors (Lipinski definition) is 2. The average molecular weight is 420 g/mol. The van der Waals surface area contributed by atoms with Crippen LogP contribution >= 0.6 is 11.6 Å². The summed E-state index contributed by atoms with van der Waals surface area (Å²) in [6.07, 6.45) is 2.65. The lowest BCUT2D eigenvalue weighted by molar-refractivity contribution is -0.139. The van der Waals surface area contributed by atoms with E-state index in [1.54, 1.807) is 24.3 Å². The number of amides is 2. The second kappa shape index (κ2) is 8.42. The van der Waals surface area contributed by atoms with Crippen molar-refractivity contribution in [3.8, 4) is 0 Å². The molecule has 3 aliphatic rings. The van der Waals surface area contributed by atoms with Crippen LogP contribution in [0.5, 0.6) is 0 Å². The molecule has 0 unspecified atom stereocenters. The molecule has 2 amide bonds. The molecule has 0 spiro atoms. The number of halogens is 1. The van der Waals surface area contributed by atoms with Gasteiger partial charge in [0.15, 0.2) is 5.78 Å². The number of nitrogens with two attached hydrogens (primary N) is 1. The van der Waals surface area contributed by atoms with Gasteiger partial charge in [0.2, 0.25) is 5.91 Å². The topological polar surface area (TPSA) is 102 Å². The monoisotopic (exact) mass is 419 g/mol. The maximum absolute atomic E-state index is 13.5. The van der Waals surface area contributed by atoms with Crippen molar-refractivity contribution >= 4 is 29.2 Å². The van der Waals surface area contributed by atoms with Crippen molar-refractivity contribution in [1.29, 1.82) is 0 Å². The van der Waals surface area contributed by atoms with Crippen molar-refractivity contribution < 1.29 is 19.1 Å². The van der Waals surface area contributed by atoms with Crippen LogP contribution in [0.3, 0.4) is 0 Å². The zero-order chi connectivity index (χ0) is 20.5. The Balaban J connectivity index is 1.57. The first-order valence-corrected chi connectivity index (χ1v) is 10.6. The lowest BCUT2D eigenvalue weighted by atomic mass is 9.81. The van der Waals surface area contributed by atoms with Crippen LogP contribution in [-0.4, -0.2) is 65.3 Å². The van der Waals surface area contributed by atoms with Gasteiger partial charge < -0.3 is 20.7 Å². The Labute approximate surface area is 174 Å². The van der Waals surface area contributed by atoms with Gasteiger partial charge in [0.05, 0.1) is 5.38 Å². The van der Waals surface area contributed by atoms with Crippen LogP contribution in [-0.2, 0) is 14.3 Å². The van der Waals surface area contributed by atoms with E-state index in [0.29, 0.717) is 5.56 Å². The highest BCUT2D eigenvalue weighted by Crippen LogP contribution is 2.33. The molecule has 0 aromatic heterocycles. The third kappa shape index (κ3) is 4.04. The van der Waals surface area contributed by atoms with E-state index in [-0.39, 0.29) is 42.7 Å². The number of carbonyl (C=O) groups excluding carboxylic acids is 3. The minimum absolute atomic E-state index is 0.0261. The number of Topliss-reactive ketones (excluding diaryl/α,β-unsaturated/α-hetero) is 1. The summed E-state index contributed by atoms with van der Waals surface area (Å²) in [7, 11) is 0. The van der Waals surface area contributed by atoms with Crippen molar-refractivity contribution in [3.05, 3.63) is 35.9 Å². The molecule has 2 aliphatic heterocycles. The molecule has 2 saturated heterocycles. The number of nitrogens with zero attached hydrogens (tertiary/aromatic N) is 1. The van der Waals surface area contributed by atoms with Crippen molar-refractivity contribution in [2.45, 2.75) is 55.3 Å². The number of fused-ring (bicyclic) bond motifs is 1. The zero-order valence-electron chi connectivity index (χ0n) is 16.1. The van der Waals surface area contributed by atoms with Crippen LogP contribution in [0.1, 0.15) is 36.0 Å². The largest absolute Gasteiger partial charge is 0.366 e. The van der Waals surface area contributed by atoms with Crippen molar-refractivity contribution in [3.63, 3.8) is 0 Å². The molecule has 2 heterocycles. The minimum atomic E-state index is -0.716. The minimum Gasteiger partial charge on any atom is -0.366 e. The molecule has 0 radical (unpaired) electrons. The van der Waals surface area contributed by atoms with Gasteiger partial charge >= 0.3 is 0 Å². The number of carbonyl (C=O) groups is 3. The number of likely N-dealkylation sites (tertiary alicyclic amines) is 1. The fourth-order valence-electron chi connectivity index (χ4n) is 4.68. The summed E-state index contributed by atoms with van der Waals surface area (Å²) in [4.78, 5) is 40.2. The molecule has 1 aromatic rings. The van der Waals surface area contributed by atoms with Gasteiger partial charge in [-0.15, -0.1) is 11.6 Å². The molecule has 4 rings (SSSR count). The predicted octanol–water partition coefficient (Wildman–Crippen LogP) is 1.09. The van der Waals surface area contributed by atoms with E-state index in [4.69, 9.17) is 22.1 Å². The van der Waals surface area contributed by atoms with Gasteiger partial charge in [0.1, 0.15) is 24.8 Å². The van der Waals surface area contributed by atoms with Gasteiger partial charge in [-0.05, 0) is 43.7 Å². The molecule has 3 fully saturated rings. The fraction of sp³-hybridized carbons (Fsp3) is 0.571. The van der Waals surface area contributed by atoms with Gasteiger partial charge in [-0.1, -0.05) is 18.2 Å². The summed E-state index contributed by atoms with van der Waals surface area (Å²) < 4.78 is 5.49. The Bertz CT molecular complexity index is 781. The summed E-state index contributed by atoms with van der Waals surface area (Å²) >= 11 is 6.35. The Hall–Kier alpha value is -1.96. The lowest BCUT2D eigenvalue weighted by Crippen LogP contribution is -2.55. The molecule has 0 bridgehead atoms. The molecular formula is C21H26ClN3O4. The van der Waals surface area contributed by atoms with E-state index >= 15 is 0 Å². The molecule has 1 aliphatic carbocycles. The van der Waals surface area contributed by atoms with Gasteiger partial charge in [0.25, 0.3) is 5.91 Å². The first-order chi connectivity index (χ1) is 14.0. The lowest BCUT2D eigenvalue weighted by Gasteiger charge is -2.35. The highest BCUT2D eigenvalue weighted by molar-refractivity contribution is 6.22. The Morgan fingerprint density at radius 1 is 1.17 bits per heavy atom. The van der Waals surface area contributed by atoms with Crippen LogP contribution in [0.25, 0.3) is 0 Å². The summed E-state index contributed by atoms with van der Waals surface area (Å²) in [6.45, 7) is 0.215. The van der Waals surface area contributed by atoms with E-state index in [1.807, 2.05) is 6.07 Å². The maximum atomic E-state index is 13.5. The van der Waals surface area contributed by atoms with Crippen molar-refractivity contribution in [2.24, 2.45) is 11.7 Å². The molecule has 3 N–H and O–H groups in total. The quantitative estimate of drug-likeness (QED) is 0.711. The van der Waals surface area contributed by atoms with Crippen LogP contribution in [0.15, 0.2) is 30.3 Å². The molecule has 1 saturated carbocycles. The Morgan fingerprint density at radius 2 is 1.86 bits per heavy atom. The van der Waals surface area contributed by atoms with E-state index in [2.05, 4.69) is 5.32 Å². The van der Waals surface area contributed by atoms with Gasteiger partial charge in [-0.25, -0.2) is 0 Å². The highest BCUT2D eigenvalue weighted by Gasteiger charge is 2.53. The molecular weight excluding hydrogens is 394 g/mol. The van der Waals surface area contributed by atoms with Crippen LogP contribution in [0, 0.1) is 5.92 Å². The fourth-order valence-corrected chi connectivity index (χ4v) is 5.04. The molecule has 7 nitrogen and oxygen atoms in total. The number of alkyl halides is 1. The standard InChI is InChI=1S/C21H26ClN3O4/c22-15-10-25(18-16(26)11-29-19(15)18)21(28)17(12-6-8-14(23)9-7-12)24-20(27)13-4-2-1-3-5-13/h1-5,12,14-15,17-19H,6-11,23H2,(H,24,27)/t12?,14?,15-,17-,18+,19+/m0/s1. The molecule has 4 atom stereocenters. The summed E-state index contributed by atoms with van der Waals surface area (Å²) in [6, 6.07) is 7.56. The molecule has 29 heavy (non-hydrogen) atoms. The number of rotatable bonds is 4. The molecule has 1 aromatic carbocycles. The summed E-state index contributed by atoms with van der Waals surface area (Å²) in [5.74, 6) is -0.719. The van der Waals surface area contributed by atoms with Crippen LogP contribution in [0.2, 0.25) is 0 Å². The smallest absolute Gasteiger partial charge is 0.251 e. The Kier molecular flexibility index (Phi) is 5.90. The first-order valence-electron chi connectivity index (χ1n) is 10.2. The van der Waals surface area contributed by atoms with E-state index in [9.17, 15) is 14.4 Å². The number of hydrogen-bond acceptors (Lipinski definition) is 5. The summed E-state index contributed by atoms with van der Waals surface area (Å²) in [5.41, 5.74) is 6.53. The zero-order valence-corrected chi connectivity index (χ0v) is 16.9. The molecule has 8 heteroatoms. The van der Waals surface area contributed by atoms with Crippen molar-refractivity contribution in [1.82, 2.24) is 10.2 Å². The van der Waals surface area contributed by atoms with Crippen molar-refractivity contribution in [2.75, 3.05) is 13.2 Å². The third-order valence-corrected chi connectivity index (χ3v) is 6.67. The maximum Gasteiger partial charge on any atom is 0.251 e. The SMILES string of the molecule is NC1CCC([C@H](NC(=O)c2ccccc2)C(=O)N2C[C@H](Cl)[C@H]3OCC(=O)[C@H]32)CC1. The third-order valence-electron chi connectivity index (χ3n) is 6.28. The average Bonchev–Trinajstić information content (AvgIpc) is 3.28. The number of ketones is 1. The van der Waals surface area contributed by atoms with Gasteiger partial charge in [0, 0.05) is 18.2 Å². The number of nitrogens with one attached hydrogen (secondary N) is 1. The highest BCUT2D eigenvalue weighted by atomic mass is 35.5. The van der Waals surface area contributed by atoms with E-state index in [0.717, 1.165) is 25.7 Å². The molecule has 156 valence electrons. The summed E-state index contributed by atoms with van der Waals surface area (Å²) in [5, 5.41) is 2.51. The number of ether oxygens (including phenoxy) is 1. The van der Waals surface area contributed by atoms with Crippen LogP contribution < -0.4 is 11.1 Å². The van der Waals surface area contributed by atoms with E-state index < -0.39 is 23.6 Å². The van der Waals surface area contributed by atoms with Gasteiger partial charge in [-0.3, -0.25) is 14.4 Å². The number of benzene rings is 1.